The molecule has 0 bridgehead atoms. The molecule has 0 aliphatic carbocycles. The van der Waals surface area contributed by atoms with Gasteiger partial charge in [-0.05, 0) is 45.7 Å². The van der Waals surface area contributed by atoms with Gasteiger partial charge in [-0.3, -0.25) is 0 Å². The van der Waals surface area contributed by atoms with Gasteiger partial charge < -0.3 is 10.1 Å². The van der Waals surface area contributed by atoms with E-state index in [1.807, 2.05) is 7.05 Å². The number of ether oxygens (including phenoxy) is 1. The van der Waals surface area contributed by atoms with Gasteiger partial charge in [0.25, 0.3) is 0 Å². The summed E-state index contributed by atoms with van der Waals surface area (Å²) in [6, 6.07) is 0.189. The zero-order valence-corrected chi connectivity index (χ0v) is 12.6. The molecule has 2 rings (SSSR count). The third-order valence-electron chi connectivity index (χ3n) is 4.22. The first-order valence-electron chi connectivity index (χ1n) is 7.39. The van der Waals surface area contributed by atoms with Crippen molar-refractivity contribution in [2.75, 3.05) is 33.4 Å². The average Bonchev–Trinajstić information content (AvgIpc) is 2.46. The first kappa shape index (κ1) is 15.2. The quantitative estimate of drug-likeness (QED) is 0.819. The van der Waals surface area contributed by atoms with E-state index in [0.29, 0.717) is 32.6 Å². The minimum Gasteiger partial charge on any atom is -0.381 e. The SMILES string of the molecule is CNCCC1CCCCN1S(=O)(=O)C1CCOCC1. The Hall–Kier alpha value is -0.170. The van der Waals surface area contributed by atoms with Crippen molar-refractivity contribution in [3.8, 4) is 0 Å². The highest BCUT2D eigenvalue weighted by molar-refractivity contribution is 7.89. The Labute approximate surface area is 116 Å². The van der Waals surface area contributed by atoms with Crippen LogP contribution in [0.4, 0.5) is 0 Å². The molecule has 0 aromatic carbocycles. The fraction of sp³-hybridized carbons (Fsp3) is 1.00. The summed E-state index contributed by atoms with van der Waals surface area (Å²) >= 11 is 0. The Balaban J connectivity index is 2.06. The van der Waals surface area contributed by atoms with E-state index in [0.717, 1.165) is 32.2 Å². The highest BCUT2D eigenvalue weighted by atomic mass is 32.2. The second kappa shape index (κ2) is 7.02. The summed E-state index contributed by atoms with van der Waals surface area (Å²) in [5.41, 5.74) is 0. The van der Waals surface area contributed by atoms with Crippen molar-refractivity contribution in [1.82, 2.24) is 9.62 Å². The minimum absolute atomic E-state index is 0.189. The average molecular weight is 290 g/mol. The van der Waals surface area contributed by atoms with E-state index in [1.165, 1.54) is 0 Å². The van der Waals surface area contributed by atoms with Crippen LogP contribution in [0.25, 0.3) is 0 Å². The van der Waals surface area contributed by atoms with Crippen LogP contribution < -0.4 is 5.32 Å². The van der Waals surface area contributed by atoms with E-state index < -0.39 is 10.0 Å². The first-order chi connectivity index (χ1) is 9.16. The molecule has 0 amide bonds. The lowest BCUT2D eigenvalue weighted by Gasteiger charge is -2.38. The summed E-state index contributed by atoms with van der Waals surface area (Å²) in [4.78, 5) is 0. The van der Waals surface area contributed by atoms with E-state index in [4.69, 9.17) is 4.74 Å². The third kappa shape index (κ3) is 3.68. The highest BCUT2D eigenvalue weighted by Gasteiger charge is 2.38. The van der Waals surface area contributed by atoms with Crippen molar-refractivity contribution < 1.29 is 13.2 Å². The molecule has 2 aliphatic rings. The van der Waals surface area contributed by atoms with E-state index in [-0.39, 0.29) is 11.3 Å². The summed E-state index contributed by atoms with van der Waals surface area (Å²) in [7, 11) is -1.22. The summed E-state index contributed by atoms with van der Waals surface area (Å²) in [6.07, 6.45) is 5.37. The van der Waals surface area contributed by atoms with Crippen molar-refractivity contribution in [2.24, 2.45) is 0 Å². The lowest BCUT2D eigenvalue weighted by atomic mass is 10.0. The number of rotatable bonds is 5. The van der Waals surface area contributed by atoms with Crippen molar-refractivity contribution in [1.29, 1.82) is 0 Å². The van der Waals surface area contributed by atoms with Crippen molar-refractivity contribution >= 4 is 10.0 Å². The Morgan fingerprint density at radius 3 is 2.63 bits per heavy atom. The molecule has 5 nitrogen and oxygen atoms in total. The summed E-state index contributed by atoms with van der Waals surface area (Å²) < 4.78 is 32.6. The van der Waals surface area contributed by atoms with Gasteiger partial charge in [0.15, 0.2) is 0 Å². The molecule has 0 saturated carbocycles. The van der Waals surface area contributed by atoms with Gasteiger partial charge >= 0.3 is 0 Å². The Morgan fingerprint density at radius 2 is 1.95 bits per heavy atom. The molecule has 112 valence electrons. The molecular formula is C13H26N2O3S. The van der Waals surface area contributed by atoms with E-state index >= 15 is 0 Å². The lowest BCUT2D eigenvalue weighted by Crippen LogP contribution is -2.49. The van der Waals surface area contributed by atoms with Crippen LogP contribution in [0.1, 0.15) is 38.5 Å². The largest absolute Gasteiger partial charge is 0.381 e. The molecule has 1 N–H and O–H groups in total. The molecule has 2 fully saturated rings. The molecular weight excluding hydrogens is 264 g/mol. The zero-order chi connectivity index (χ0) is 13.7. The number of nitrogens with one attached hydrogen (secondary N) is 1. The number of hydrogen-bond acceptors (Lipinski definition) is 4. The smallest absolute Gasteiger partial charge is 0.217 e. The number of sulfonamides is 1. The molecule has 2 heterocycles. The van der Waals surface area contributed by atoms with Crippen molar-refractivity contribution in [3.63, 3.8) is 0 Å². The molecule has 2 saturated heterocycles. The van der Waals surface area contributed by atoms with Crippen LogP contribution in [-0.2, 0) is 14.8 Å². The van der Waals surface area contributed by atoms with Crippen LogP contribution in [0, 0.1) is 0 Å². The van der Waals surface area contributed by atoms with Crippen molar-refractivity contribution in [2.45, 2.75) is 49.8 Å². The maximum atomic E-state index is 12.8. The number of nitrogens with zero attached hydrogens (tertiary/aromatic N) is 1. The molecule has 0 radical (unpaired) electrons. The zero-order valence-electron chi connectivity index (χ0n) is 11.8. The predicted octanol–water partition coefficient (Wildman–Crippen LogP) is 0.959. The topological polar surface area (TPSA) is 58.6 Å². The van der Waals surface area contributed by atoms with Crippen LogP contribution in [0.3, 0.4) is 0 Å². The maximum Gasteiger partial charge on any atom is 0.217 e. The lowest BCUT2D eigenvalue weighted by molar-refractivity contribution is 0.0961. The van der Waals surface area contributed by atoms with Crippen molar-refractivity contribution in [3.05, 3.63) is 0 Å². The monoisotopic (exact) mass is 290 g/mol. The van der Waals surface area contributed by atoms with Gasteiger partial charge in [0.1, 0.15) is 0 Å². The fourth-order valence-corrected chi connectivity index (χ4v) is 5.25. The van der Waals surface area contributed by atoms with Gasteiger partial charge in [0.2, 0.25) is 10.0 Å². The van der Waals surface area contributed by atoms with Crippen LogP contribution in [0.5, 0.6) is 0 Å². The van der Waals surface area contributed by atoms with Gasteiger partial charge in [-0.15, -0.1) is 0 Å². The molecule has 2 aliphatic heterocycles. The van der Waals surface area contributed by atoms with Gasteiger partial charge in [-0.1, -0.05) is 6.42 Å². The Morgan fingerprint density at radius 1 is 1.21 bits per heavy atom. The van der Waals surface area contributed by atoms with Gasteiger partial charge in [-0.2, -0.15) is 4.31 Å². The van der Waals surface area contributed by atoms with Crippen LogP contribution in [0.2, 0.25) is 0 Å². The van der Waals surface area contributed by atoms with Gasteiger partial charge in [-0.25, -0.2) is 8.42 Å². The normalized spacial score (nSPS) is 27.5. The fourth-order valence-electron chi connectivity index (χ4n) is 3.07. The molecule has 0 aromatic heterocycles. The van der Waals surface area contributed by atoms with Crippen LogP contribution in [-0.4, -0.2) is 57.4 Å². The number of piperidine rings is 1. The van der Waals surface area contributed by atoms with Gasteiger partial charge in [0, 0.05) is 25.8 Å². The maximum absolute atomic E-state index is 12.8. The molecule has 6 heteroatoms. The second-order valence-electron chi connectivity index (χ2n) is 5.51. The Kier molecular flexibility index (Phi) is 5.62. The van der Waals surface area contributed by atoms with E-state index in [9.17, 15) is 8.42 Å². The third-order valence-corrected chi connectivity index (χ3v) is 6.67. The standard InChI is InChI=1S/C13H26N2O3S/c1-14-8-5-12-4-2-3-9-15(12)19(16,17)13-6-10-18-11-7-13/h12-14H,2-11H2,1H3. The minimum atomic E-state index is -3.14. The second-order valence-corrected chi connectivity index (χ2v) is 7.67. The molecule has 1 atom stereocenters. The summed E-state index contributed by atoms with van der Waals surface area (Å²) in [6.45, 7) is 2.75. The highest BCUT2D eigenvalue weighted by Crippen LogP contribution is 2.28. The van der Waals surface area contributed by atoms with E-state index in [1.54, 1.807) is 4.31 Å². The summed E-state index contributed by atoms with van der Waals surface area (Å²) in [5, 5.41) is 2.90. The molecule has 0 spiro atoms. The summed E-state index contributed by atoms with van der Waals surface area (Å²) in [5.74, 6) is 0. The Bertz CT molecular complexity index is 366. The van der Waals surface area contributed by atoms with Gasteiger partial charge in [0.05, 0.1) is 5.25 Å². The molecule has 1 unspecified atom stereocenters. The molecule has 19 heavy (non-hydrogen) atoms. The van der Waals surface area contributed by atoms with Crippen LogP contribution >= 0.6 is 0 Å². The first-order valence-corrected chi connectivity index (χ1v) is 8.89. The van der Waals surface area contributed by atoms with E-state index in [2.05, 4.69) is 5.32 Å². The predicted molar refractivity (Wildman–Crippen MR) is 75.6 cm³/mol. The number of hydrogen-bond donors (Lipinski definition) is 1. The van der Waals surface area contributed by atoms with Crippen LogP contribution in [0.15, 0.2) is 0 Å². The molecule has 0 aromatic rings.